The van der Waals surface area contributed by atoms with E-state index in [9.17, 15) is 24.3 Å². The third-order valence-electron chi connectivity index (χ3n) is 7.12. The van der Waals surface area contributed by atoms with Gasteiger partial charge in [-0.3, -0.25) is 4.79 Å². The lowest BCUT2D eigenvalue weighted by atomic mass is 10.00. The molecule has 2 aromatic carbocycles. The Kier molecular flexibility index (Phi) is 15.0. The smallest absolute Gasteiger partial charge is 0.407 e. The summed E-state index contributed by atoms with van der Waals surface area (Å²) in [5, 5.41) is 19.9. The first-order chi connectivity index (χ1) is 21.6. The topological polar surface area (TPSA) is 146 Å². The van der Waals surface area contributed by atoms with Crippen molar-refractivity contribution in [3.8, 4) is 0 Å². The number of aliphatic hydroxyl groups is 1. The summed E-state index contributed by atoms with van der Waals surface area (Å²) in [5.41, 5.74) is 0.931. The number of rotatable bonds is 15. The molecule has 0 radical (unpaired) electrons. The maximum absolute atomic E-state index is 13.9. The SMILES string of the molecule is COC(=O)[C@H](NC(=O)[C@H](CC(C)C)NC(=O)N(Cc1ccccc1)C[C@@H](O)[C@H](Cc1ccccc1)NC(=O)OC(C)(C)C)C(C)C. The monoisotopic (exact) mass is 640 g/mol. The Morgan fingerprint density at radius 3 is 1.91 bits per heavy atom. The lowest BCUT2D eigenvalue weighted by molar-refractivity contribution is -0.146. The van der Waals surface area contributed by atoms with Crippen molar-refractivity contribution in [2.24, 2.45) is 11.8 Å². The summed E-state index contributed by atoms with van der Waals surface area (Å²) in [4.78, 5) is 53.9. The third kappa shape index (κ3) is 13.5. The van der Waals surface area contributed by atoms with Crippen LogP contribution in [0.3, 0.4) is 0 Å². The number of urea groups is 1. The number of carbonyl (C=O) groups excluding carboxylic acids is 4. The highest BCUT2D eigenvalue weighted by atomic mass is 16.6. The van der Waals surface area contributed by atoms with E-state index in [-0.39, 0.29) is 31.3 Å². The Labute approximate surface area is 273 Å². The molecule has 4 atom stereocenters. The van der Waals surface area contributed by atoms with E-state index in [1.807, 2.05) is 74.5 Å². The lowest BCUT2D eigenvalue weighted by Gasteiger charge is -2.32. The number of ether oxygens (including phenoxy) is 2. The van der Waals surface area contributed by atoms with E-state index < -0.39 is 53.8 Å². The number of amides is 4. The maximum atomic E-state index is 13.9. The van der Waals surface area contributed by atoms with Crippen LogP contribution in [0.25, 0.3) is 0 Å². The molecule has 0 saturated heterocycles. The van der Waals surface area contributed by atoms with Gasteiger partial charge in [0, 0.05) is 6.54 Å². The Morgan fingerprint density at radius 2 is 1.41 bits per heavy atom. The third-order valence-corrected chi connectivity index (χ3v) is 7.12. The number of hydrogen-bond donors (Lipinski definition) is 4. The van der Waals surface area contributed by atoms with Crippen molar-refractivity contribution in [3.05, 3.63) is 71.8 Å². The fourth-order valence-electron chi connectivity index (χ4n) is 4.81. The molecule has 0 saturated carbocycles. The number of nitrogens with one attached hydrogen (secondary N) is 3. The first kappa shape index (κ1) is 38.1. The minimum Gasteiger partial charge on any atom is -0.467 e. The largest absolute Gasteiger partial charge is 0.467 e. The average Bonchev–Trinajstić information content (AvgIpc) is 2.98. The van der Waals surface area contributed by atoms with Crippen molar-refractivity contribution >= 4 is 24.0 Å². The molecule has 0 aliphatic rings. The van der Waals surface area contributed by atoms with Gasteiger partial charge in [0.15, 0.2) is 0 Å². The molecule has 0 heterocycles. The number of nitrogens with zero attached hydrogens (tertiary/aromatic N) is 1. The highest BCUT2D eigenvalue weighted by Gasteiger charge is 2.32. The predicted octanol–water partition coefficient (Wildman–Crippen LogP) is 4.42. The minimum atomic E-state index is -1.20. The normalized spacial score (nSPS) is 14.1. The number of esters is 1. The molecule has 2 aromatic rings. The Morgan fingerprint density at radius 1 is 0.848 bits per heavy atom. The summed E-state index contributed by atoms with van der Waals surface area (Å²) in [6.45, 7) is 12.6. The van der Waals surface area contributed by atoms with Crippen molar-refractivity contribution in [2.45, 2.75) is 97.7 Å². The molecule has 0 fully saturated rings. The number of benzene rings is 2. The van der Waals surface area contributed by atoms with E-state index in [1.54, 1.807) is 34.6 Å². The zero-order valence-corrected chi connectivity index (χ0v) is 28.4. The number of aliphatic hydroxyl groups excluding tert-OH is 1. The van der Waals surface area contributed by atoms with Crippen LogP contribution in [0.1, 0.15) is 66.0 Å². The zero-order valence-electron chi connectivity index (χ0n) is 28.4. The van der Waals surface area contributed by atoms with Gasteiger partial charge in [0.2, 0.25) is 5.91 Å². The van der Waals surface area contributed by atoms with E-state index in [2.05, 4.69) is 16.0 Å². The number of carbonyl (C=O) groups is 4. The van der Waals surface area contributed by atoms with Crippen LogP contribution in [-0.4, -0.2) is 77.5 Å². The second kappa shape index (κ2) is 18.1. The van der Waals surface area contributed by atoms with Crippen LogP contribution in [0.5, 0.6) is 0 Å². The van der Waals surface area contributed by atoms with Gasteiger partial charge in [0.1, 0.15) is 17.7 Å². The van der Waals surface area contributed by atoms with E-state index in [0.717, 1.165) is 11.1 Å². The highest BCUT2D eigenvalue weighted by Crippen LogP contribution is 2.15. The van der Waals surface area contributed by atoms with E-state index in [4.69, 9.17) is 9.47 Å². The average molecular weight is 641 g/mol. The van der Waals surface area contributed by atoms with Gasteiger partial charge < -0.3 is 35.4 Å². The van der Waals surface area contributed by atoms with Gasteiger partial charge in [-0.25, -0.2) is 14.4 Å². The fourth-order valence-corrected chi connectivity index (χ4v) is 4.81. The summed E-state index contributed by atoms with van der Waals surface area (Å²) in [6.07, 6.45) is -1.30. The molecule has 254 valence electrons. The van der Waals surface area contributed by atoms with Crippen LogP contribution in [0.2, 0.25) is 0 Å². The van der Waals surface area contributed by atoms with Gasteiger partial charge in [-0.1, -0.05) is 88.4 Å². The van der Waals surface area contributed by atoms with Crippen LogP contribution in [0, 0.1) is 11.8 Å². The van der Waals surface area contributed by atoms with Crippen molar-refractivity contribution < 1.29 is 33.8 Å². The molecule has 0 aromatic heterocycles. The van der Waals surface area contributed by atoms with Crippen molar-refractivity contribution in [1.82, 2.24) is 20.9 Å². The molecule has 0 spiro atoms. The van der Waals surface area contributed by atoms with Gasteiger partial charge in [-0.2, -0.15) is 0 Å². The molecule has 0 aliphatic heterocycles. The maximum Gasteiger partial charge on any atom is 0.407 e. The Bertz CT molecular complexity index is 1250. The molecule has 0 unspecified atom stereocenters. The van der Waals surface area contributed by atoms with Gasteiger partial charge >= 0.3 is 18.1 Å². The number of alkyl carbamates (subject to hydrolysis) is 1. The van der Waals surface area contributed by atoms with Crippen molar-refractivity contribution in [1.29, 1.82) is 0 Å². The van der Waals surface area contributed by atoms with Gasteiger partial charge in [0.25, 0.3) is 0 Å². The summed E-state index contributed by atoms with van der Waals surface area (Å²) < 4.78 is 10.3. The first-order valence-corrected chi connectivity index (χ1v) is 15.8. The zero-order chi connectivity index (χ0) is 34.4. The molecule has 46 heavy (non-hydrogen) atoms. The van der Waals surface area contributed by atoms with Crippen LogP contribution in [0.4, 0.5) is 9.59 Å². The lowest BCUT2D eigenvalue weighted by Crippen LogP contribution is -2.57. The summed E-state index contributed by atoms with van der Waals surface area (Å²) in [6, 6.07) is 15.4. The van der Waals surface area contributed by atoms with E-state index >= 15 is 0 Å². The Balaban J connectivity index is 2.36. The second-order valence-electron chi connectivity index (χ2n) is 13.3. The van der Waals surface area contributed by atoms with E-state index in [1.165, 1.54) is 12.0 Å². The highest BCUT2D eigenvalue weighted by molar-refractivity contribution is 5.90. The minimum absolute atomic E-state index is 0.0353. The fraction of sp³-hybridized carbons (Fsp3) is 0.543. The molecule has 2 rings (SSSR count). The summed E-state index contributed by atoms with van der Waals surface area (Å²) in [5.74, 6) is -1.29. The number of hydrogen-bond acceptors (Lipinski definition) is 7. The number of methoxy groups -OCH3 is 1. The van der Waals surface area contributed by atoms with Gasteiger partial charge in [0.05, 0.1) is 25.8 Å². The molecule has 4 N–H and O–H groups in total. The molecule has 11 heteroatoms. The van der Waals surface area contributed by atoms with Crippen molar-refractivity contribution in [3.63, 3.8) is 0 Å². The standard InChI is InChI=1S/C35H52N4O7/c1-23(2)19-28(31(41)38-30(24(3)4)32(42)45-8)36-33(43)39(21-26-17-13-10-14-18-26)22-29(40)27(20-25-15-11-9-12-16-25)37-34(44)46-35(5,6)7/h9-18,23-24,27-30,40H,19-22H2,1-8H3,(H,36,43)(H,37,44)(H,38,41)/t27-,28-,29+,30+/m0/s1. The first-order valence-electron chi connectivity index (χ1n) is 15.8. The van der Waals surface area contributed by atoms with Gasteiger partial charge in [-0.05, 0) is 56.6 Å². The van der Waals surface area contributed by atoms with Crippen LogP contribution in [-0.2, 0) is 32.0 Å². The molecule has 4 amide bonds. The van der Waals surface area contributed by atoms with Crippen LogP contribution in [0.15, 0.2) is 60.7 Å². The van der Waals surface area contributed by atoms with Gasteiger partial charge in [-0.15, -0.1) is 0 Å². The molecule has 0 aliphatic carbocycles. The van der Waals surface area contributed by atoms with Crippen LogP contribution < -0.4 is 16.0 Å². The summed E-state index contributed by atoms with van der Waals surface area (Å²) in [7, 11) is 1.26. The molecule has 11 nitrogen and oxygen atoms in total. The molecule has 0 bridgehead atoms. The second-order valence-corrected chi connectivity index (χ2v) is 13.3. The van der Waals surface area contributed by atoms with E-state index in [0.29, 0.717) is 6.42 Å². The molecular weight excluding hydrogens is 588 g/mol. The quantitative estimate of drug-likeness (QED) is 0.211. The van der Waals surface area contributed by atoms with Crippen LogP contribution >= 0.6 is 0 Å². The molecular formula is C35H52N4O7. The van der Waals surface area contributed by atoms with Crippen molar-refractivity contribution in [2.75, 3.05) is 13.7 Å². The predicted molar refractivity (Wildman–Crippen MR) is 177 cm³/mol. The summed E-state index contributed by atoms with van der Waals surface area (Å²) >= 11 is 0. The Hall–Kier alpha value is -4.12.